The highest BCUT2D eigenvalue weighted by Crippen LogP contribution is 2.48. The molecule has 0 heterocycles. The molecule has 68 heteroatoms. The summed E-state index contributed by atoms with van der Waals surface area (Å²) in [6.45, 7) is -27.9. The van der Waals surface area contributed by atoms with Crippen molar-refractivity contribution in [2.75, 3.05) is 185 Å². The summed E-state index contributed by atoms with van der Waals surface area (Å²) in [5.74, 6) is -8.38. The van der Waals surface area contributed by atoms with Crippen LogP contribution < -0.4 is 87.1 Å². The molecule has 0 aromatic carbocycles. The highest BCUT2D eigenvalue weighted by molar-refractivity contribution is 7.48. The van der Waals surface area contributed by atoms with Crippen LogP contribution in [0.5, 0.6) is 0 Å². The van der Waals surface area contributed by atoms with E-state index in [0.717, 1.165) is 27.7 Å². The van der Waals surface area contributed by atoms with Gasteiger partial charge in [-0.3, -0.25) is 50.2 Å². The van der Waals surface area contributed by atoms with Crippen molar-refractivity contribution >= 4 is 86.0 Å². The summed E-state index contributed by atoms with van der Waals surface area (Å²) in [5.41, 5.74) is 6.48. The Labute approximate surface area is 573 Å². The van der Waals surface area contributed by atoms with Gasteiger partial charge in [0, 0.05) is 81.4 Å². The van der Waals surface area contributed by atoms with E-state index in [4.69, 9.17) is 10.00 Å². The first-order valence-electron chi connectivity index (χ1n) is 27.5. The summed E-state index contributed by atoms with van der Waals surface area (Å²) < 4.78 is 301. The summed E-state index contributed by atoms with van der Waals surface area (Å²) >= 11 is 0. The van der Waals surface area contributed by atoms with Gasteiger partial charge in [-0.15, -0.1) is 26.9 Å². The average Bonchev–Trinajstić information content (AvgIpc) is 0.922. The minimum absolute atomic E-state index is 0.490. The largest absolute Gasteiger partial charge is 0.756 e. The summed E-state index contributed by atoms with van der Waals surface area (Å²) in [4.78, 5) is 141. The third kappa shape index (κ3) is 57.5. The second-order valence-electron chi connectivity index (χ2n) is 18.9. The number of halogens is 6. The van der Waals surface area contributed by atoms with E-state index in [-0.39, 0.29) is 0 Å². The first-order valence-corrected chi connectivity index (χ1v) is 43.6. The number of hydrogen-bond acceptors (Lipinski definition) is 50. The third-order valence-electron chi connectivity index (χ3n) is 10.5. The predicted molar refractivity (Wildman–Crippen MR) is 294 cm³/mol. The minimum Gasteiger partial charge on any atom is -0.756 e. The molecule has 0 aromatic heterocycles. The highest BCUT2D eigenvalue weighted by Gasteiger charge is 2.27. The Kier molecular flexibility index (Phi) is 53.0. The van der Waals surface area contributed by atoms with E-state index in [2.05, 4.69) is 95.0 Å². The second-order valence-corrected chi connectivity index (χ2v) is 34.2. The molecule has 0 aliphatic carbocycles. The van der Waals surface area contributed by atoms with Crippen molar-refractivity contribution in [2.45, 2.75) is 0 Å². The molecule has 0 saturated carbocycles. The first-order chi connectivity index (χ1) is 47.2. The summed E-state index contributed by atoms with van der Waals surface area (Å²) in [7, 11) is -59.3. The number of aliphatic hydroxyl groups is 1. The van der Waals surface area contributed by atoms with E-state index in [1.54, 1.807) is 0 Å². The van der Waals surface area contributed by atoms with Crippen LogP contribution in [0.2, 0.25) is 0 Å². The molecule has 0 spiro atoms. The molecule has 102 heavy (non-hydrogen) atoms. The van der Waals surface area contributed by atoms with Gasteiger partial charge in [0.1, 0.15) is 0 Å². The first kappa shape index (κ1) is 103. The van der Waals surface area contributed by atoms with Crippen molar-refractivity contribution in [2.24, 2.45) is 35.5 Å². The van der Waals surface area contributed by atoms with Gasteiger partial charge in [-0.2, -0.15) is 33.2 Å². The molecular formula is C34H70F6N6O45P11-11. The molecule has 0 aliphatic rings. The molecule has 0 aromatic rings. The zero-order valence-corrected chi connectivity index (χ0v) is 61.7. The fourth-order valence-corrected chi connectivity index (χ4v) is 13.8. The van der Waals surface area contributed by atoms with Crippen molar-refractivity contribution in [3.63, 3.8) is 0 Å². The van der Waals surface area contributed by atoms with Gasteiger partial charge in [0.25, 0.3) is 86.0 Å². The lowest BCUT2D eigenvalue weighted by molar-refractivity contribution is -0.237. The van der Waals surface area contributed by atoms with Gasteiger partial charge in [-0.05, 0) is 0 Å². The van der Waals surface area contributed by atoms with Gasteiger partial charge in [0.2, 0.25) is 0 Å². The van der Waals surface area contributed by atoms with Crippen molar-refractivity contribution < 1.29 is 236 Å². The molecular weight excluding hydrogens is 1670 g/mol. The van der Waals surface area contributed by atoms with Crippen molar-refractivity contribution in [3.8, 4) is 0 Å². The molecule has 17 atom stereocenters. The predicted octanol–water partition coefficient (Wildman–Crippen LogP) is -5.99. The van der Waals surface area contributed by atoms with Crippen LogP contribution in [0.4, 0.5) is 26.9 Å². The number of phosphoric ester groups is 11. The highest BCUT2D eigenvalue weighted by atomic mass is 31.2. The molecule has 0 aliphatic heterocycles. The van der Waals surface area contributed by atoms with E-state index in [1.165, 1.54) is 5.54 Å². The molecule has 0 fully saturated rings. The maximum absolute atomic E-state index is 13.0. The molecule has 8 N–H and O–H groups in total. The Hall–Kier alpha value is 0.510. The lowest BCUT2D eigenvalue weighted by atomic mass is 10.2. The van der Waals surface area contributed by atoms with Crippen LogP contribution in [0.25, 0.3) is 0 Å². The minimum atomic E-state index is -5.50. The molecule has 0 radical (unpaired) electrons. The van der Waals surface area contributed by atoms with Gasteiger partial charge in [-0.1, -0.05) is 0 Å². The monoisotopic (exact) mass is 1740 g/mol. The van der Waals surface area contributed by atoms with Gasteiger partial charge in [-0.25, -0.2) is 0 Å². The molecule has 17 unspecified atom stereocenters. The average molecular weight is 1740 g/mol. The Morgan fingerprint density at radius 1 is 0.225 bits per heavy atom. The summed E-state index contributed by atoms with van der Waals surface area (Å²) in [5, 5.41) is 9.02. The molecule has 0 rings (SSSR count). The number of phosphoric acid groups is 11. The van der Waals surface area contributed by atoms with Crippen LogP contribution in [0.1, 0.15) is 0 Å². The normalized spacial score (nSPS) is 20.8. The topological polar surface area (TPSA) is 748 Å². The number of hydrogen-bond donors (Lipinski definition) is 8. The second kappa shape index (κ2) is 52.7. The van der Waals surface area contributed by atoms with E-state index >= 15 is 0 Å². The van der Waals surface area contributed by atoms with E-state index < -0.39 is 306 Å². The van der Waals surface area contributed by atoms with Crippen LogP contribution in [0, 0.1) is 35.5 Å². The molecule has 614 valence electrons. The lowest BCUT2D eigenvalue weighted by Crippen LogP contribution is -2.28. The summed E-state index contributed by atoms with van der Waals surface area (Å²) in [6, 6.07) is 0. The van der Waals surface area contributed by atoms with Gasteiger partial charge in [0.15, 0.2) is 0 Å². The van der Waals surface area contributed by atoms with Crippen LogP contribution >= 0.6 is 86.0 Å². The molecule has 0 bridgehead atoms. The third-order valence-corrected chi connectivity index (χ3v) is 20.6. The Morgan fingerprint density at radius 2 is 0.343 bits per heavy atom. The smallest absolute Gasteiger partial charge is 0.267 e. The fourth-order valence-electron chi connectivity index (χ4n) is 5.69. The Balaban J connectivity index is 4.86. The van der Waals surface area contributed by atoms with Gasteiger partial charge >= 0.3 is 0 Å². The number of nitrogens with one attached hydrogen (secondary N) is 6. The molecule has 0 amide bonds. The van der Waals surface area contributed by atoms with Crippen LogP contribution in [-0.4, -0.2) is 195 Å². The number of rotatable bonds is 71. The van der Waals surface area contributed by atoms with E-state index in [0.29, 0.717) is 0 Å². The zero-order chi connectivity index (χ0) is 77.9. The van der Waals surface area contributed by atoms with E-state index in [1.807, 2.05) is 0 Å². The zero-order valence-electron chi connectivity index (χ0n) is 51.9. The van der Waals surface area contributed by atoms with E-state index in [9.17, 15) is 131 Å². The SMILES string of the molecule is O=P([O-])(O)OCC(CNF)COP(=O)([O-])OCCOP(=O)([O-])OCC(CNF)COP(=O)([O-])OCCOP(=O)([O-])OCC(CNF)COP(=O)([O-])OCCOP(=O)([O-])OCC(CNF)COP(=O)([O-])OCCOP(=O)([O-])OCC(CNF)COP(=O)([O-])OCCOP(=O)([O-])OCC(CO)CNF. The van der Waals surface area contributed by atoms with Crippen molar-refractivity contribution in [1.82, 2.24) is 33.2 Å². The standard InChI is InChI=1S/C34H81F6N6O45P11/c35-41-11-29(17-47)18-82-93(51,52)71-1-2-73-95(55,56)84-21-31(13-43-37)22-86-97(59,60)75-5-6-77-99(63,64)88-25-33(15-45-39)26-90-101(67,68)79-9-10-80-102(69,70)91-28-34(16-46-40)27-89-100(65,66)78-8-7-76-98(61,62)87-24-32(14-44-38)23-85-96(57,58)74-4-3-72-94(53,54)83-20-30(12-42-36)19-81-92(48,49)50/h29-34,41-47H,1-28H2,(H,51,52)(H,53,54)(H,55,56)(H,57,58)(H,59,60)(H,61,62)(H,63,64)(H,65,66)(H,67,68)(H,69,70)(H2,48,49,50)/p-11. The summed E-state index contributed by atoms with van der Waals surface area (Å²) in [6.07, 6.45) is 0. The maximum atomic E-state index is 13.0. The van der Waals surface area contributed by atoms with Gasteiger partial charge in [0.05, 0.1) is 139 Å². The molecule has 51 nitrogen and oxygen atoms in total. The van der Waals surface area contributed by atoms with Crippen LogP contribution in [0.3, 0.4) is 0 Å². The van der Waals surface area contributed by atoms with Crippen molar-refractivity contribution in [1.29, 1.82) is 0 Å². The van der Waals surface area contributed by atoms with Gasteiger partial charge < -0.3 is 159 Å². The Morgan fingerprint density at radius 3 is 0.461 bits per heavy atom. The maximum Gasteiger partial charge on any atom is 0.267 e. The fraction of sp³-hybridized carbons (Fsp3) is 1.00. The Bertz CT molecular complexity index is 2870. The van der Waals surface area contributed by atoms with Crippen molar-refractivity contribution in [3.05, 3.63) is 0 Å². The molecule has 0 saturated heterocycles. The lowest BCUT2D eigenvalue weighted by Gasteiger charge is -2.29. The van der Waals surface area contributed by atoms with Crippen LogP contribution in [-0.2, 0) is 145 Å². The van der Waals surface area contributed by atoms with Crippen LogP contribution in [0.15, 0.2) is 0 Å². The number of aliphatic hydroxyl groups excluding tert-OH is 1. The quantitative estimate of drug-likeness (QED) is 0.0122.